The lowest BCUT2D eigenvalue weighted by molar-refractivity contribution is 0.135. The minimum absolute atomic E-state index is 0.283. The van der Waals surface area contributed by atoms with Crippen molar-refractivity contribution in [3.8, 4) is 0 Å². The minimum atomic E-state index is 0.283. The van der Waals surface area contributed by atoms with Gasteiger partial charge in [-0.2, -0.15) is 0 Å². The fourth-order valence-corrected chi connectivity index (χ4v) is 1.31. The van der Waals surface area contributed by atoms with Gasteiger partial charge in [0.2, 0.25) is 0 Å². The van der Waals surface area contributed by atoms with E-state index in [1.807, 2.05) is 0 Å². The van der Waals surface area contributed by atoms with E-state index in [0.29, 0.717) is 0 Å². The highest BCUT2D eigenvalue weighted by molar-refractivity contribution is 5.00. The van der Waals surface area contributed by atoms with Crippen molar-refractivity contribution in [2.75, 3.05) is 19.6 Å². The molecule has 1 saturated heterocycles. The van der Waals surface area contributed by atoms with Crippen molar-refractivity contribution in [2.45, 2.75) is 26.3 Å². The first-order valence-electron chi connectivity index (χ1n) is 4.17. The second-order valence-electron chi connectivity index (χ2n) is 4.12. The summed E-state index contributed by atoms with van der Waals surface area (Å²) in [7, 11) is 0. The Morgan fingerprint density at radius 2 is 2.09 bits per heavy atom. The Bertz CT molecular complexity index is 155. The van der Waals surface area contributed by atoms with Crippen LogP contribution in [0.5, 0.6) is 0 Å². The van der Waals surface area contributed by atoms with Crippen molar-refractivity contribution in [1.29, 1.82) is 0 Å². The Morgan fingerprint density at radius 1 is 1.45 bits per heavy atom. The summed E-state index contributed by atoms with van der Waals surface area (Å²) in [4.78, 5) is 2.44. The normalized spacial score (nSPS) is 21.5. The van der Waals surface area contributed by atoms with Crippen LogP contribution in [-0.4, -0.2) is 30.1 Å². The van der Waals surface area contributed by atoms with E-state index < -0.39 is 0 Å². The first-order valence-corrected chi connectivity index (χ1v) is 4.17. The predicted molar refractivity (Wildman–Crippen MR) is 48.5 cm³/mol. The third-order valence-corrected chi connectivity index (χ3v) is 2.09. The fraction of sp³-hybridized carbons (Fsp3) is 0.778. The zero-order chi connectivity index (χ0) is 8.48. The van der Waals surface area contributed by atoms with Gasteiger partial charge in [0.25, 0.3) is 0 Å². The molecule has 0 amide bonds. The molecule has 0 unspecified atom stereocenters. The van der Waals surface area contributed by atoms with Gasteiger partial charge in [0, 0.05) is 30.9 Å². The first-order chi connectivity index (χ1) is 5.00. The molecule has 0 spiro atoms. The number of hydrogen-bond acceptors (Lipinski definition) is 2. The molecule has 0 radical (unpaired) electrons. The molecular weight excluding hydrogens is 136 g/mol. The van der Waals surface area contributed by atoms with Crippen LogP contribution < -0.4 is 5.32 Å². The number of rotatable bonds is 0. The maximum atomic E-state index is 3.93. The van der Waals surface area contributed by atoms with Crippen LogP contribution in [0.25, 0.3) is 0 Å². The average Bonchev–Trinajstić information content (AvgIpc) is 1.86. The molecule has 2 nitrogen and oxygen atoms in total. The molecule has 1 heterocycles. The highest BCUT2D eigenvalue weighted by Crippen LogP contribution is 2.15. The number of nitrogens with zero attached hydrogens (tertiary/aromatic N) is 1. The lowest BCUT2D eigenvalue weighted by atomic mass is 10.0. The molecule has 0 saturated carbocycles. The lowest BCUT2D eigenvalue weighted by Crippen LogP contribution is -2.50. The van der Waals surface area contributed by atoms with Crippen molar-refractivity contribution >= 4 is 0 Å². The quantitative estimate of drug-likeness (QED) is 0.564. The molecule has 0 aromatic rings. The summed E-state index contributed by atoms with van der Waals surface area (Å²) in [6.45, 7) is 13.8. The van der Waals surface area contributed by atoms with Crippen molar-refractivity contribution in [3.05, 3.63) is 12.3 Å². The van der Waals surface area contributed by atoms with Gasteiger partial charge in [0.1, 0.15) is 0 Å². The van der Waals surface area contributed by atoms with Gasteiger partial charge in [0.15, 0.2) is 0 Å². The highest BCUT2D eigenvalue weighted by Gasteiger charge is 2.23. The summed E-state index contributed by atoms with van der Waals surface area (Å²) in [5.74, 6) is 0. The molecule has 0 aromatic heterocycles. The molecule has 1 aliphatic heterocycles. The Kier molecular flexibility index (Phi) is 2.23. The van der Waals surface area contributed by atoms with E-state index in [-0.39, 0.29) is 5.54 Å². The Morgan fingerprint density at radius 3 is 2.45 bits per heavy atom. The topological polar surface area (TPSA) is 15.3 Å². The Labute approximate surface area is 69.3 Å². The van der Waals surface area contributed by atoms with Crippen LogP contribution >= 0.6 is 0 Å². The van der Waals surface area contributed by atoms with Gasteiger partial charge in [-0.05, 0) is 20.8 Å². The average molecular weight is 154 g/mol. The highest BCUT2D eigenvalue weighted by atomic mass is 15.2. The van der Waals surface area contributed by atoms with Gasteiger partial charge in [0.05, 0.1) is 0 Å². The minimum Gasteiger partial charge on any atom is -0.386 e. The molecule has 64 valence electrons. The summed E-state index contributed by atoms with van der Waals surface area (Å²) < 4.78 is 0. The summed E-state index contributed by atoms with van der Waals surface area (Å²) in [6, 6.07) is 0. The standard InChI is InChI=1S/C9H18N2/c1-8-7-11(6-5-10-8)9(2,3)4/h10H,1,5-7H2,2-4H3. The van der Waals surface area contributed by atoms with Gasteiger partial charge in [-0.1, -0.05) is 6.58 Å². The van der Waals surface area contributed by atoms with Crippen LogP contribution in [0.3, 0.4) is 0 Å². The van der Waals surface area contributed by atoms with Crippen molar-refractivity contribution in [2.24, 2.45) is 0 Å². The molecule has 0 bridgehead atoms. The monoisotopic (exact) mass is 154 g/mol. The molecule has 1 N–H and O–H groups in total. The van der Waals surface area contributed by atoms with Crippen LogP contribution in [0.15, 0.2) is 12.3 Å². The molecule has 11 heavy (non-hydrogen) atoms. The van der Waals surface area contributed by atoms with Gasteiger partial charge in [-0.3, -0.25) is 4.90 Å². The van der Waals surface area contributed by atoms with Crippen molar-refractivity contribution in [3.63, 3.8) is 0 Å². The van der Waals surface area contributed by atoms with E-state index in [2.05, 4.69) is 37.6 Å². The molecule has 2 heteroatoms. The zero-order valence-electron chi connectivity index (χ0n) is 7.78. The van der Waals surface area contributed by atoms with Crippen molar-refractivity contribution < 1.29 is 0 Å². The number of nitrogens with one attached hydrogen (secondary N) is 1. The third-order valence-electron chi connectivity index (χ3n) is 2.09. The second-order valence-corrected chi connectivity index (χ2v) is 4.12. The van der Waals surface area contributed by atoms with E-state index >= 15 is 0 Å². The van der Waals surface area contributed by atoms with E-state index in [4.69, 9.17) is 0 Å². The predicted octanol–water partition coefficient (Wildman–Crippen LogP) is 1.20. The molecule has 1 rings (SSSR count). The Balaban J connectivity index is 2.53. The van der Waals surface area contributed by atoms with Crippen LogP contribution in [0.2, 0.25) is 0 Å². The number of hydrogen-bond donors (Lipinski definition) is 1. The molecular formula is C9H18N2. The lowest BCUT2D eigenvalue weighted by Gasteiger charge is -2.39. The third kappa shape index (κ3) is 2.22. The SMILES string of the molecule is C=C1CN(C(C)(C)C)CCN1. The van der Waals surface area contributed by atoms with Gasteiger partial charge < -0.3 is 5.32 Å². The smallest absolute Gasteiger partial charge is 0.0381 e. The second kappa shape index (κ2) is 2.86. The van der Waals surface area contributed by atoms with E-state index in [9.17, 15) is 0 Å². The Hall–Kier alpha value is -0.500. The number of piperazine rings is 1. The van der Waals surface area contributed by atoms with Gasteiger partial charge in [-0.25, -0.2) is 0 Å². The van der Waals surface area contributed by atoms with Gasteiger partial charge >= 0.3 is 0 Å². The molecule has 0 aliphatic carbocycles. The first kappa shape index (κ1) is 8.60. The summed E-state index contributed by atoms with van der Waals surface area (Å²) in [5.41, 5.74) is 1.43. The van der Waals surface area contributed by atoms with Crippen LogP contribution in [-0.2, 0) is 0 Å². The zero-order valence-corrected chi connectivity index (χ0v) is 7.78. The fourth-order valence-electron chi connectivity index (χ4n) is 1.31. The molecule has 1 fully saturated rings. The summed E-state index contributed by atoms with van der Waals surface area (Å²) in [6.07, 6.45) is 0. The van der Waals surface area contributed by atoms with E-state index in [0.717, 1.165) is 25.3 Å². The van der Waals surface area contributed by atoms with Crippen LogP contribution in [0, 0.1) is 0 Å². The maximum Gasteiger partial charge on any atom is 0.0381 e. The summed E-state index contributed by atoms with van der Waals surface area (Å²) >= 11 is 0. The largest absolute Gasteiger partial charge is 0.386 e. The summed E-state index contributed by atoms with van der Waals surface area (Å²) in [5, 5.41) is 3.25. The van der Waals surface area contributed by atoms with Gasteiger partial charge in [-0.15, -0.1) is 0 Å². The van der Waals surface area contributed by atoms with Crippen LogP contribution in [0.1, 0.15) is 20.8 Å². The molecule has 0 atom stereocenters. The molecule has 1 aliphatic rings. The van der Waals surface area contributed by atoms with E-state index in [1.54, 1.807) is 0 Å². The van der Waals surface area contributed by atoms with Crippen molar-refractivity contribution in [1.82, 2.24) is 10.2 Å². The molecule has 0 aromatic carbocycles. The van der Waals surface area contributed by atoms with E-state index in [1.165, 1.54) is 0 Å². The van der Waals surface area contributed by atoms with Crippen LogP contribution in [0.4, 0.5) is 0 Å². The maximum absolute atomic E-state index is 3.93.